The summed E-state index contributed by atoms with van der Waals surface area (Å²) in [5, 5.41) is 3.39. The maximum atomic E-state index is 12.6. The zero-order chi connectivity index (χ0) is 22.6. The first-order valence-electron chi connectivity index (χ1n) is 10.2. The predicted molar refractivity (Wildman–Crippen MR) is 119 cm³/mol. The molecule has 0 amide bonds. The van der Waals surface area contributed by atoms with Gasteiger partial charge in [0.05, 0.1) is 23.7 Å². The van der Waals surface area contributed by atoms with Crippen molar-refractivity contribution in [2.75, 3.05) is 31.6 Å². The zero-order valence-corrected chi connectivity index (χ0v) is 19.5. The lowest BCUT2D eigenvalue weighted by Gasteiger charge is -2.15. The second kappa shape index (κ2) is 9.88. The van der Waals surface area contributed by atoms with Crippen LogP contribution in [0.1, 0.15) is 52.4 Å². The monoisotopic (exact) mass is 465 g/mol. The second-order valence-electron chi connectivity index (χ2n) is 7.84. The van der Waals surface area contributed by atoms with Gasteiger partial charge in [-0.25, -0.2) is 18.2 Å². The summed E-state index contributed by atoms with van der Waals surface area (Å²) in [4.78, 5) is 29.5. The Morgan fingerprint density at radius 3 is 2.45 bits per heavy atom. The third-order valence-corrected chi connectivity index (χ3v) is 7.82. The Morgan fingerprint density at radius 2 is 1.84 bits per heavy atom. The number of aromatic nitrogens is 1. The number of Topliss-reactive ketones (excluding diaryl/α,β-unsaturated/α-hetero) is 1. The van der Waals surface area contributed by atoms with Crippen LogP contribution in [0.25, 0.3) is 0 Å². The molecular formula is C21H27N3O5S2. The van der Waals surface area contributed by atoms with Crippen LogP contribution in [0.4, 0.5) is 5.13 Å². The largest absolute Gasteiger partial charge is 0.461 e. The van der Waals surface area contributed by atoms with Crippen LogP contribution in [0.3, 0.4) is 0 Å². The van der Waals surface area contributed by atoms with Crippen LogP contribution in [0.15, 0.2) is 29.2 Å². The Balaban J connectivity index is 1.60. The molecule has 2 heterocycles. The molecule has 1 saturated heterocycles. The van der Waals surface area contributed by atoms with Crippen molar-refractivity contribution in [3.8, 4) is 0 Å². The van der Waals surface area contributed by atoms with Gasteiger partial charge in [0.25, 0.3) is 0 Å². The minimum Gasteiger partial charge on any atom is -0.461 e. The lowest BCUT2D eigenvalue weighted by molar-refractivity contribution is 0.0463. The molecule has 10 heteroatoms. The highest BCUT2D eigenvalue weighted by molar-refractivity contribution is 7.89. The summed E-state index contributed by atoms with van der Waals surface area (Å²) in [7, 11) is -3.50. The molecule has 0 spiro atoms. The molecule has 1 aliphatic rings. The molecule has 31 heavy (non-hydrogen) atoms. The van der Waals surface area contributed by atoms with Crippen LogP contribution in [0.5, 0.6) is 0 Å². The second-order valence-corrected chi connectivity index (χ2v) is 10.8. The Morgan fingerprint density at radius 1 is 1.19 bits per heavy atom. The molecule has 1 aromatic heterocycles. The van der Waals surface area contributed by atoms with Crippen LogP contribution in [-0.4, -0.2) is 55.7 Å². The fraction of sp³-hybridized carbons (Fsp3) is 0.476. The van der Waals surface area contributed by atoms with Crippen molar-refractivity contribution in [1.29, 1.82) is 0 Å². The molecule has 0 aliphatic carbocycles. The molecule has 1 aliphatic heterocycles. The summed E-state index contributed by atoms with van der Waals surface area (Å²) >= 11 is 1.14. The first-order chi connectivity index (χ1) is 14.7. The van der Waals surface area contributed by atoms with E-state index in [2.05, 4.69) is 10.3 Å². The number of nitrogens with zero attached hydrogens (tertiary/aromatic N) is 2. The number of carbonyl (C=O) groups excluding carboxylic acids is 2. The Labute approximate surface area is 186 Å². The predicted octanol–water partition coefficient (Wildman–Crippen LogP) is 3.34. The van der Waals surface area contributed by atoms with Gasteiger partial charge < -0.3 is 10.1 Å². The van der Waals surface area contributed by atoms with Gasteiger partial charge in [-0.2, -0.15) is 4.31 Å². The smallest absolute Gasteiger partial charge is 0.350 e. The highest BCUT2D eigenvalue weighted by Crippen LogP contribution is 2.24. The van der Waals surface area contributed by atoms with Gasteiger partial charge in [-0.05, 0) is 49.9 Å². The van der Waals surface area contributed by atoms with Crippen molar-refractivity contribution in [3.05, 3.63) is 40.4 Å². The lowest BCUT2D eigenvalue weighted by Crippen LogP contribution is -2.27. The Kier molecular flexibility index (Phi) is 7.45. The van der Waals surface area contributed by atoms with Gasteiger partial charge in [0, 0.05) is 18.7 Å². The number of ether oxygens (including phenoxy) is 1. The molecule has 0 radical (unpaired) electrons. The number of carbonyl (C=O) groups is 2. The number of hydrogen-bond donors (Lipinski definition) is 1. The van der Waals surface area contributed by atoms with E-state index in [1.807, 2.05) is 13.8 Å². The van der Waals surface area contributed by atoms with Crippen LogP contribution in [0.2, 0.25) is 0 Å². The first kappa shape index (κ1) is 23.4. The number of rotatable bonds is 9. The van der Waals surface area contributed by atoms with E-state index in [-0.39, 0.29) is 23.1 Å². The van der Waals surface area contributed by atoms with Gasteiger partial charge in [-0.3, -0.25) is 4.79 Å². The lowest BCUT2D eigenvalue weighted by atomic mass is 10.1. The molecule has 0 saturated carbocycles. The van der Waals surface area contributed by atoms with Crippen molar-refractivity contribution < 1.29 is 22.7 Å². The van der Waals surface area contributed by atoms with Crippen LogP contribution in [0, 0.1) is 12.8 Å². The maximum Gasteiger partial charge on any atom is 0.350 e. The summed E-state index contributed by atoms with van der Waals surface area (Å²) in [6.45, 7) is 7.02. The van der Waals surface area contributed by atoms with Gasteiger partial charge in [0.15, 0.2) is 10.9 Å². The number of ketones is 1. The number of hydrogen-bond acceptors (Lipinski definition) is 8. The quantitative estimate of drug-likeness (QED) is 0.447. The summed E-state index contributed by atoms with van der Waals surface area (Å²) in [5.41, 5.74) is 0.947. The number of benzene rings is 1. The van der Waals surface area contributed by atoms with E-state index in [9.17, 15) is 18.0 Å². The van der Waals surface area contributed by atoms with E-state index in [4.69, 9.17) is 4.74 Å². The van der Waals surface area contributed by atoms with Crippen molar-refractivity contribution >= 4 is 38.2 Å². The molecule has 8 nitrogen and oxygen atoms in total. The SMILES string of the molecule is Cc1nc(NCC(=O)c2ccc(S(=O)(=O)N3CCCC3)cc2)sc1C(=O)OCC(C)C. The summed E-state index contributed by atoms with van der Waals surface area (Å²) in [6, 6.07) is 5.98. The number of nitrogens with one attached hydrogen (secondary N) is 1. The van der Waals surface area contributed by atoms with E-state index >= 15 is 0 Å². The highest BCUT2D eigenvalue weighted by Gasteiger charge is 2.27. The Bertz CT molecular complexity index is 1040. The van der Waals surface area contributed by atoms with Crippen molar-refractivity contribution in [3.63, 3.8) is 0 Å². The third-order valence-electron chi connectivity index (χ3n) is 4.81. The molecule has 2 aromatic rings. The highest BCUT2D eigenvalue weighted by atomic mass is 32.2. The molecule has 168 valence electrons. The zero-order valence-electron chi connectivity index (χ0n) is 17.9. The van der Waals surface area contributed by atoms with E-state index in [0.717, 1.165) is 24.2 Å². The van der Waals surface area contributed by atoms with Gasteiger partial charge in [-0.15, -0.1) is 0 Å². The first-order valence-corrected chi connectivity index (χ1v) is 12.5. The Hall–Kier alpha value is -2.30. The number of esters is 1. The summed E-state index contributed by atoms with van der Waals surface area (Å²) < 4.78 is 31.9. The minimum absolute atomic E-state index is 0.0222. The van der Waals surface area contributed by atoms with E-state index in [0.29, 0.717) is 41.0 Å². The number of anilines is 1. The molecule has 1 aromatic carbocycles. The number of aryl methyl sites for hydroxylation is 1. The molecule has 0 bridgehead atoms. The molecule has 3 rings (SSSR count). The standard InChI is InChI=1S/C21H27N3O5S2/c1-14(2)13-29-20(26)19-15(3)23-21(30-19)22-12-18(25)16-6-8-17(9-7-16)31(27,28)24-10-4-5-11-24/h6-9,14H,4-5,10-13H2,1-3H3,(H,22,23). The topological polar surface area (TPSA) is 106 Å². The molecule has 0 atom stereocenters. The third kappa shape index (κ3) is 5.69. The minimum atomic E-state index is -3.50. The fourth-order valence-corrected chi connectivity index (χ4v) is 5.49. The van der Waals surface area contributed by atoms with Crippen LogP contribution in [-0.2, 0) is 14.8 Å². The average Bonchev–Trinajstić information content (AvgIpc) is 3.40. The fourth-order valence-electron chi connectivity index (χ4n) is 3.12. The average molecular weight is 466 g/mol. The number of sulfonamides is 1. The van der Waals surface area contributed by atoms with Crippen molar-refractivity contribution in [1.82, 2.24) is 9.29 Å². The number of thiazole rings is 1. The van der Waals surface area contributed by atoms with Crippen molar-refractivity contribution in [2.24, 2.45) is 5.92 Å². The molecular weight excluding hydrogens is 438 g/mol. The van der Waals surface area contributed by atoms with Gasteiger partial charge in [-0.1, -0.05) is 25.2 Å². The normalized spacial score (nSPS) is 14.7. The maximum absolute atomic E-state index is 12.6. The molecule has 1 fully saturated rings. The summed E-state index contributed by atoms with van der Waals surface area (Å²) in [5.74, 6) is -0.385. The molecule has 1 N–H and O–H groups in total. The van der Waals surface area contributed by atoms with Crippen LogP contribution >= 0.6 is 11.3 Å². The van der Waals surface area contributed by atoms with Crippen LogP contribution < -0.4 is 5.32 Å². The summed E-state index contributed by atoms with van der Waals surface area (Å²) in [6.07, 6.45) is 1.74. The van der Waals surface area contributed by atoms with E-state index in [1.165, 1.54) is 28.6 Å². The van der Waals surface area contributed by atoms with E-state index < -0.39 is 16.0 Å². The molecule has 0 unspecified atom stereocenters. The van der Waals surface area contributed by atoms with Gasteiger partial charge in [0.1, 0.15) is 4.88 Å². The van der Waals surface area contributed by atoms with Crippen molar-refractivity contribution in [2.45, 2.75) is 38.5 Å². The van der Waals surface area contributed by atoms with E-state index in [1.54, 1.807) is 6.92 Å². The van der Waals surface area contributed by atoms with Gasteiger partial charge >= 0.3 is 5.97 Å². The van der Waals surface area contributed by atoms with Gasteiger partial charge in [0.2, 0.25) is 10.0 Å².